The Morgan fingerprint density at radius 1 is 0.857 bits per heavy atom. The third-order valence-electron chi connectivity index (χ3n) is 4.15. The SMILES string of the molecule is Cc1ccc(C(=O)Nc2ccc(S(=O)(=O)Nc3ccc(Cl)cc3)cc2)c(C)c1. The molecule has 0 bridgehead atoms. The van der Waals surface area contributed by atoms with Gasteiger partial charge < -0.3 is 5.32 Å². The number of rotatable bonds is 5. The Hall–Kier alpha value is -2.83. The number of nitrogens with one attached hydrogen (secondary N) is 2. The van der Waals surface area contributed by atoms with Gasteiger partial charge in [-0.25, -0.2) is 8.42 Å². The predicted octanol–water partition coefficient (Wildman–Crippen LogP) is 5.01. The van der Waals surface area contributed by atoms with Gasteiger partial charge in [0.2, 0.25) is 0 Å². The van der Waals surface area contributed by atoms with Gasteiger partial charge in [0.25, 0.3) is 15.9 Å². The molecule has 0 aliphatic carbocycles. The second-order valence-electron chi connectivity index (χ2n) is 6.41. The van der Waals surface area contributed by atoms with Crippen LogP contribution < -0.4 is 10.0 Å². The van der Waals surface area contributed by atoms with Crippen LogP contribution in [0.2, 0.25) is 5.02 Å². The second-order valence-corrected chi connectivity index (χ2v) is 8.53. The Bertz CT molecular complexity index is 1110. The van der Waals surface area contributed by atoms with E-state index in [1.807, 2.05) is 26.0 Å². The summed E-state index contributed by atoms with van der Waals surface area (Å²) in [5.74, 6) is -0.243. The van der Waals surface area contributed by atoms with Crippen molar-refractivity contribution in [2.45, 2.75) is 18.7 Å². The van der Waals surface area contributed by atoms with E-state index >= 15 is 0 Å². The molecular formula is C21H19ClN2O3S. The van der Waals surface area contributed by atoms with Crippen LogP contribution in [0.25, 0.3) is 0 Å². The maximum Gasteiger partial charge on any atom is 0.261 e. The lowest BCUT2D eigenvalue weighted by atomic mass is 10.1. The number of amides is 1. The van der Waals surface area contributed by atoms with Crippen LogP contribution in [0.5, 0.6) is 0 Å². The van der Waals surface area contributed by atoms with E-state index in [9.17, 15) is 13.2 Å². The molecule has 5 nitrogen and oxygen atoms in total. The molecule has 3 aromatic carbocycles. The van der Waals surface area contributed by atoms with Gasteiger partial charge in [-0.2, -0.15) is 0 Å². The van der Waals surface area contributed by atoms with Crippen LogP contribution in [-0.2, 0) is 10.0 Å². The highest BCUT2D eigenvalue weighted by molar-refractivity contribution is 7.92. The fourth-order valence-electron chi connectivity index (χ4n) is 2.72. The van der Waals surface area contributed by atoms with Crippen molar-refractivity contribution < 1.29 is 13.2 Å². The summed E-state index contributed by atoms with van der Waals surface area (Å²) in [5, 5.41) is 3.30. The van der Waals surface area contributed by atoms with E-state index in [0.29, 0.717) is 22.0 Å². The Balaban J connectivity index is 1.73. The van der Waals surface area contributed by atoms with Crippen molar-refractivity contribution in [3.8, 4) is 0 Å². The highest BCUT2D eigenvalue weighted by Gasteiger charge is 2.15. The third-order valence-corrected chi connectivity index (χ3v) is 5.79. The molecule has 0 saturated heterocycles. The average Bonchev–Trinajstić information content (AvgIpc) is 2.64. The van der Waals surface area contributed by atoms with Crippen molar-refractivity contribution in [3.05, 3.63) is 88.4 Å². The van der Waals surface area contributed by atoms with Gasteiger partial charge >= 0.3 is 0 Å². The molecule has 3 rings (SSSR count). The van der Waals surface area contributed by atoms with Crippen LogP contribution in [0, 0.1) is 13.8 Å². The number of halogens is 1. The largest absolute Gasteiger partial charge is 0.322 e. The molecule has 144 valence electrons. The van der Waals surface area contributed by atoms with Gasteiger partial charge in [-0.05, 0) is 74.0 Å². The van der Waals surface area contributed by atoms with Gasteiger partial charge in [0.1, 0.15) is 0 Å². The average molecular weight is 415 g/mol. The smallest absolute Gasteiger partial charge is 0.261 e. The normalized spacial score (nSPS) is 11.1. The highest BCUT2D eigenvalue weighted by Crippen LogP contribution is 2.20. The highest BCUT2D eigenvalue weighted by atomic mass is 35.5. The summed E-state index contributed by atoms with van der Waals surface area (Å²) in [6, 6.07) is 17.9. The van der Waals surface area contributed by atoms with Gasteiger partial charge in [-0.1, -0.05) is 29.3 Å². The summed E-state index contributed by atoms with van der Waals surface area (Å²) in [6.07, 6.45) is 0. The topological polar surface area (TPSA) is 75.3 Å². The molecule has 1 amide bonds. The molecular weight excluding hydrogens is 396 g/mol. The maximum atomic E-state index is 12.5. The van der Waals surface area contributed by atoms with E-state index < -0.39 is 10.0 Å². The monoisotopic (exact) mass is 414 g/mol. The van der Waals surface area contributed by atoms with Crippen LogP contribution >= 0.6 is 11.6 Å². The van der Waals surface area contributed by atoms with Crippen molar-refractivity contribution in [1.29, 1.82) is 0 Å². The van der Waals surface area contributed by atoms with Crippen LogP contribution in [0.15, 0.2) is 71.6 Å². The molecule has 28 heavy (non-hydrogen) atoms. The summed E-state index contributed by atoms with van der Waals surface area (Å²) in [4.78, 5) is 12.5. The zero-order chi connectivity index (χ0) is 20.3. The number of carbonyl (C=O) groups excluding carboxylic acids is 1. The van der Waals surface area contributed by atoms with E-state index in [-0.39, 0.29) is 10.8 Å². The van der Waals surface area contributed by atoms with Crippen molar-refractivity contribution in [3.63, 3.8) is 0 Å². The number of anilines is 2. The summed E-state index contributed by atoms with van der Waals surface area (Å²) < 4.78 is 27.5. The molecule has 3 aromatic rings. The molecule has 0 saturated carbocycles. The van der Waals surface area contributed by atoms with Gasteiger partial charge in [0.15, 0.2) is 0 Å². The Labute approximate surface area is 169 Å². The third kappa shape index (κ3) is 4.71. The fourth-order valence-corrected chi connectivity index (χ4v) is 3.90. The van der Waals surface area contributed by atoms with Gasteiger partial charge in [-0.3, -0.25) is 9.52 Å². The number of carbonyl (C=O) groups is 1. The Morgan fingerprint density at radius 3 is 2.07 bits per heavy atom. The lowest BCUT2D eigenvalue weighted by molar-refractivity contribution is 0.102. The summed E-state index contributed by atoms with van der Waals surface area (Å²) >= 11 is 5.81. The minimum atomic E-state index is -3.74. The van der Waals surface area contributed by atoms with Crippen LogP contribution in [0.1, 0.15) is 21.5 Å². The molecule has 0 aromatic heterocycles. The first-order valence-corrected chi connectivity index (χ1v) is 10.4. The van der Waals surface area contributed by atoms with E-state index in [2.05, 4.69) is 10.0 Å². The molecule has 0 aliphatic rings. The second kappa shape index (κ2) is 8.04. The van der Waals surface area contributed by atoms with E-state index in [0.717, 1.165) is 11.1 Å². The van der Waals surface area contributed by atoms with E-state index in [1.54, 1.807) is 42.5 Å². The molecule has 0 spiro atoms. The maximum absolute atomic E-state index is 12.5. The predicted molar refractivity (Wildman–Crippen MR) is 113 cm³/mol. The van der Waals surface area contributed by atoms with Crippen LogP contribution in [0.3, 0.4) is 0 Å². The van der Waals surface area contributed by atoms with E-state index in [1.165, 1.54) is 12.1 Å². The number of aryl methyl sites for hydroxylation is 2. The molecule has 0 aliphatic heterocycles. The zero-order valence-corrected chi connectivity index (χ0v) is 16.9. The summed E-state index contributed by atoms with van der Waals surface area (Å²) in [5.41, 5.74) is 3.46. The molecule has 0 atom stereocenters. The fraction of sp³-hybridized carbons (Fsp3) is 0.0952. The zero-order valence-electron chi connectivity index (χ0n) is 15.4. The van der Waals surface area contributed by atoms with Crippen LogP contribution in [0.4, 0.5) is 11.4 Å². The minimum Gasteiger partial charge on any atom is -0.322 e. The lowest BCUT2D eigenvalue weighted by Crippen LogP contribution is -2.15. The molecule has 0 fully saturated rings. The molecule has 0 unspecified atom stereocenters. The van der Waals surface area contributed by atoms with Gasteiger partial charge in [-0.15, -0.1) is 0 Å². The quantitative estimate of drug-likeness (QED) is 0.616. The first-order chi connectivity index (χ1) is 13.2. The first-order valence-electron chi connectivity index (χ1n) is 8.52. The molecule has 2 N–H and O–H groups in total. The van der Waals surface area contributed by atoms with Crippen molar-refractivity contribution in [2.24, 2.45) is 0 Å². The van der Waals surface area contributed by atoms with Gasteiger partial charge in [0, 0.05) is 22.0 Å². The Morgan fingerprint density at radius 2 is 1.46 bits per heavy atom. The number of hydrogen-bond acceptors (Lipinski definition) is 3. The number of hydrogen-bond donors (Lipinski definition) is 2. The standard InChI is InChI=1S/C21H19ClN2O3S/c1-14-3-12-20(15(2)13-14)21(25)23-17-8-10-19(11-9-17)28(26,27)24-18-6-4-16(22)5-7-18/h3-13,24H,1-2H3,(H,23,25). The number of benzene rings is 3. The minimum absolute atomic E-state index is 0.0898. The van der Waals surface area contributed by atoms with Crippen molar-refractivity contribution in [2.75, 3.05) is 10.0 Å². The first kappa shape index (κ1) is 19.9. The molecule has 0 heterocycles. The molecule has 0 radical (unpaired) electrons. The van der Waals surface area contributed by atoms with Gasteiger partial charge in [0.05, 0.1) is 4.90 Å². The van der Waals surface area contributed by atoms with Crippen molar-refractivity contribution in [1.82, 2.24) is 0 Å². The summed E-state index contributed by atoms with van der Waals surface area (Å²) in [6.45, 7) is 3.84. The molecule has 7 heteroatoms. The lowest BCUT2D eigenvalue weighted by Gasteiger charge is -2.11. The Kier molecular flexibility index (Phi) is 5.72. The van der Waals surface area contributed by atoms with Crippen LogP contribution in [-0.4, -0.2) is 14.3 Å². The van der Waals surface area contributed by atoms with E-state index in [4.69, 9.17) is 11.6 Å². The van der Waals surface area contributed by atoms with Crippen molar-refractivity contribution >= 4 is 38.9 Å². The summed E-state index contributed by atoms with van der Waals surface area (Å²) in [7, 11) is -3.74. The number of sulfonamides is 1.